The van der Waals surface area contributed by atoms with E-state index in [1.54, 1.807) is 6.07 Å². The molecule has 0 unspecified atom stereocenters. The molecule has 0 fully saturated rings. The predicted octanol–water partition coefficient (Wildman–Crippen LogP) is 1.89. The fourth-order valence-corrected chi connectivity index (χ4v) is 1.27. The van der Waals surface area contributed by atoms with Crippen molar-refractivity contribution in [2.24, 2.45) is 0 Å². The van der Waals surface area contributed by atoms with Crippen molar-refractivity contribution < 1.29 is 19.2 Å². The molecule has 0 aliphatic carbocycles. The maximum absolute atomic E-state index is 10.9. The van der Waals surface area contributed by atoms with Gasteiger partial charge in [0.1, 0.15) is 0 Å². The molecule has 0 N–H and O–H groups in total. The SMILES string of the molecule is COC(=O)COc1ccc(CCl)cc1[N+](=O)[O-]. The molecule has 0 bridgehead atoms. The number of nitro groups is 1. The van der Waals surface area contributed by atoms with Crippen LogP contribution in [0.5, 0.6) is 5.75 Å². The Labute approximate surface area is 102 Å². The Morgan fingerprint density at radius 1 is 1.53 bits per heavy atom. The lowest BCUT2D eigenvalue weighted by atomic mass is 10.2. The number of carbonyl (C=O) groups excluding carboxylic acids is 1. The van der Waals surface area contributed by atoms with Crippen molar-refractivity contribution in [3.8, 4) is 5.75 Å². The average molecular weight is 260 g/mol. The molecule has 6 nitrogen and oxygen atoms in total. The summed E-state index contributed by atoms with van der Waals surface area (Å²) < 4.78 is 9.35. The molecule has 0 spiro atoms. The van der Waals surface area contributed by atoms with E-state index in [2.05, 4.69) is 4.74 Å². The summed E-state index contributed by atoms with van der Waals surface area (Å²) in [7, 11) is 1.21. The maximum atomic E-state index is 10.9. The van der Waals surface area contributed by atoms with E-state index >= 15 is 0 Å². The van der Waals surface area contributed by atoms with Gasteiger partial charge in [-0.15, -0.1) is 11.6 Å². The number of methoxy groups -OCH3 is 1. The molecule has 0 aliphatic heterocycles. The lowest BCUT2D eigenvalue weighted by Gasteiger charge is -2.06. The Hall–Kier alpha value is -1.82. The highest BCUT2D eigenvalue weighted by Crippen LogP contribution is 2.28. The first-order valence-electron chi connectivity index (χ1n) is 4.61. The first kappa shape index (κ1) is 13.2. The van der Waals surface area contributed by atoms with Crippen LogP contribution in [0.25, 0.3) is 0 Å². The topological polar surface area (TPSA) is 78.7 Å². The molecule has 0 saturated carbocycles. The van der Waals surface area contributed by atoms with Crippen molar-refractivity contribution in [3.05, 3.63) is 33.9 Å². The summed E-state index contributed by atoms with van der Waals surface area (Å²) in [6.07, 6.45) is 0. The number of carbonyl (C=O) groups is 1. The largest absolute Gasteiger partial charge is 0.475 e. The third-order valence-corrected chi connectivity index (χ3v) is 2.26. The monoisotopic (exact) mass is 259 g/mol. The quantitative estimate of drug-likeness (QED) is 0.349. The summed E-state index contributed by atoms with van der Waals surface area (Å²) in [6.45, 7) is -0.377. The van der Waals surface area contributed by atoms with Crippen LogP contribution < -0.4 is 4.74 Å². The minimum atomic E-state index is -0.610. The van der Waals surface area contributed by atoms with Crippen LogP contribution in [0.15, 0.2) is 18.2 Å². The van der Waals surface area contributed by atoms with Crippen LogP contribution in [0.2, 0.25) is 0 Å². The van der Waals surface area contributed by atoms with E-state index in [0.717, 1.165) is 0 Å². The number of alkyl halides is 1. The van der Waals surface area contributed by atoms with Crippen LogP contribution in [0.3, 0.4) is 0 Å². The molecule has 7 heteroatoms. The maximum Gasteiger partial charge on any atom is 0.343 e. The van der Waals surface area contributed by atoms with Crippen molar-refractivity contribution in [1.82, 2.24) is 0 Å². The summed E-state index contributed by atoms with van der Waals surface area (Å²) >= 11 is 5.57. The fraction of sp³-hybridized carbons (Fsp3) is 0.300. The van der Waals surface area contributed by atoms with Crippen molar-refractivity contribution in [1.29, 1.82) is 0 Å². The molecule has 1 aromatic rings. The molecule has 0 aromatic heterocycles. The summed E-state index contributed by atoms with van der Waals surface area (Å²) in [5.41, 5.74) is 0.371. The number of rotatable bonds is 5. The van der Waals surface area contributed by atoms with Gasteiger partial charge < -0.3 is 9.47 Å². The Kier molecular flexibility index (Phi) is 4.71. The third kappa shape index (κ3) is 3.60. The van der Waals surface area contributed by atoms with E-state index in [1.807, 2.05) is 0 Å². The van der Waals surface area contributed by atoms with E-state index < -0.39 is 10.9 Å². The van der Waals surface area contributed by atoms with Gasteiger partial charge in [0.2, 0.25) is 0 Å². The Bertz CT molecular complexity index is 435. The molecule has 17 heavy (non-hydrogen) atoms. The first-order valence-corrected chi connectivity index (χ1v) is 5.14. The number of benzene rings is 1. The number of hydrogen-bond acceptors (Lipinski definition) is 5. The second kappa shape index (κ2) is 6.05. The lowest BCUT2D eigenvalue weighted by molar-refractivity contribution is -0.385. The molecule has 0 aliphatic rings. The minimum absolute atomic E-state index is 0.00858. The van der Waals surface area contributed by atoms with E-state index in [4.69, 9.17) is 16.3 Å². The Balaban J connectivity index is 2.90. The highest BCUT2D eigenvalue weighted by Gasteiger charge is 2.16. The van der Waals surface area contributed by atoms with E-state index in [9.17, 15) is 14.9 Å². The van der Waals surface area contributed by atoms with Gasteiger partial charge in [0, 0.05) is 11.9 Å². The number of ether oxygens (including phenoxy) is 2. The van der Waals surface area contributed by atoms with Gasteiger partial charge in [-0.2, -0.15) is 0 Å². The van der Waals surface area contributed by atoms with Gasteiger partial charge in [-0.25, -0.2) is 4.79 Å². The van der Waals surface area contributed by atoms with Crippen molar-refractivity contribution in [2.45, 2.75) is 5.88 Å². The van der Waals surface area contributed by atoms with E-state index in [1.165, 1.54) is 19.2 Å². The summed E-state index contributed by atoms with van der Waals surface area (Å²) in [5, 5.41) is 10.8. The van der Waals surface area contributed by atoms with Gasteiger partial charge in [0.05, 0.1) is 12.0 Å². The Morgan fingerprint density at radius 3 is 2.76 bits per heavy atom. The lowest BCUT2D eigenvalue weighted by Crippen LogP contribution is -2.13. The average Bonchev–Trinajstić information content (AvgIpc) is 2.35. The summed E-state index contributed by atoms with van der Waals surface area (Å²) in [5.74, 6) is -0.437. The van der Waals surface area contributed by atoms with Gasteiger partial charge >= 0.3 is 11.7 Å². The predicted molar refractivity (Wildman–Crippen MR) is 60.2 cm³/mol. The second-order valence-electron chi connectivity index (χ2n) is 3.06. The zero-order chi connectivity index (χ0) is 12.8. The molecule has 0 saturated heterocycles. The van der Waals surface area contributed by atoms with Gasteiger partial charge in [-0.3, -0.25) is 10.1 Å². The van der Waals surface area contributed by atoms with Gasteiger partial charge in [0.15, 0.2) is 12.4 Å². The standard InChI is InChI=1S/C10H10ClNO5/c1-16-10(13)6-17-9-3-2-7(5-11)4-8(9)12(14)15/h2-4H,5-6H2,1H3. The van der Waals surface area contributed by atoms with Crippen molar-refractivity contribution in [2.75, 3.05) is 13.7 Å². The summed E-state index contributed by atoms with van der Waals surface area (Å²) in [6, 6.07) is 4.30. The number of nitro benzene ring substituents is 1. The molecular formula is C10H10ClNO5. The molecule has 0 amide bonds. The van der Waals surface area contributed by atoms with Gasteiger partial charge in [-0.1, -0.05) is 6.07 Å². The minimum Gasteiger partial charge on any atom is -0.475 e. The molecule has 0 radical (unpaired) electrons. The Morgan fingerprint density at radius 2 is 2.24 bits per heavy atom. The molecule has 92 valence electrons. The zero-order valence-corrected chi connectivity index (χ0v) is 9.77. The van der Waals surface area contributed by atoms with Crippen molar-refractivity contribution >= 4 is 23.3 Å². The van der Waals surface area contributed by atoms with Crippen LogP contribution >= 0.6 is 11.6 Å². The highest BCUT2D eigenvalue weighted by atomic mass is 35.5. The smallest absolute Gasteiger partial charge is 0.343 e. The van der Waals surface area contributed by atoms with Crippen LogP contribution in [0.1, 0.15) is 5.56 Å². The highest BCUT2D eigenvalue weighted by molar-refractivity contribution is 6.17. The van der Waals surface area contributed by atoms with E-state index in [0.29, 0.717) is 5.56 Å². The van der Waals surface area contributed by atoms with Crippen LogP contribution in [-0.4, -0.2) is 24.6 Å². The molecular weight excluding hydrogens is 250 g/mol. The van der Waals surface area contributed by atoms with Gasteiger partial charge in [-0.05, 0) is 11.6 Å². The number of hydrogen-bond donors (Lipinski definition) is 0. The second-order valence-corrected chi connectivity index (χ2v) is 3.32. The zero-order valence-electron chi connectivity index (χ0n) is 9.01. The number of halogens is 1. The van der Waals surface area contributed by atoms with Gasteiger partial charge in [0.25, 0.3) is 0 Å². The molecule has 1 rings (SSSR count). The molecule has 0 atom stereocenters. The number of esters is 1. The number of nitrogens with zero attached hydrogens (tertiary/aromatic N) is 1. The molecule has 0 heterocycles. The van der Waals surface area contributed by atoms with Crippen LogP contribution in [0, 0.1) is 10.1 Å². The third-order valence-electron chi connectivity index (χ3n) is 1.95. The fourth-order valence-electron chi connectivity index (χ4n) is 1.11. The van der Waals surface area contributed by atoms with E-state index in [-0.39, 0.29) is 23.9 Å². The first-order chi connectivity index (χ1) is 8.08. The van der Waals surface area contributed by atoms with Crippen LogP contribution in [-0.2, 0) is 15.4 Å². The van der Waals surface area contributed by atoms with Crippen molar-refractivity contribution in [3.63, 3.8) is 0 Å². The molecule has 1 aromatic carbocycles. The van der Waals surface area contributed by atoms with Crippen LogP contribution in [0.4, 0.5) is 5.69 Å². The summed E-state index contributed by atoms with van der Waals surface area (Å²) in [4.78, 5) is 21.0. The normalized spacial score (nSPS) is 9.76.